The number of hydrogen-bond acceptors (Lipinski definition) is 5. The zero-order chi connectivity index (χ0) is 29.2. The van der Waals surface area contributed by atoms with Crippen molar-refractivity contribution in [1.29, 1.82) is 0 Å². The maximum Gasteiger partial charge on any atom is 0.254 e. The van der Waals surface area contributed by atoms with Crippen LogP contribution in [0.15, 0.2) is 54.9 Å². The van der Waals surface area contributed by atoms with Crippen LogP contribution >= 0.6 is 11.3 Å². The molecule has 0 bridgehead atoms. The second-order valence-electron chi connectivity index (χ2n) is 10.8. The Bertz CT molecular complexity index is 1280. The highest BCUT2D eigenvalue weighted by molar-refractivity contribution is 7.19. The van der Waals surface area contributed by atoms with Crippen LogP contribution in [0.3, 0.4) is 0 Å². The fourth-order valence-corrected chi connectivity index (χ4v) is 6.52. The van der Waals surface area contributed by atoms with E-state index in [0.29, 0.717) is 17.3 Å². The standard InChI is InChI=1S/C32H41N3OS.C2H4O/c1-7-25-13-15-27(16-14-25)29-19-28(31(36)33-23(5)26-11-9-8-10-12-26)32(37-29)35-24(6)34-30-21(3)17-20(2)18-22(30)4;1-2-3/h13-19,23,26,34-35H,6-12H2,1-5H3,(H,33,36);2H,1H3. The quantitative estimate of drug-likeness (QED) is 0.229. The van der Waals surface area contributed by atoms with Crippen molar-refractivity contribution >= 4 is 34.2 Å². The van der Waals surface area contributed by atoms with Gasteiger partial charge in [-0.1, -0.05) is 74.7 Å². The summed E-state index contributed by atoms with van der Waals surface area (Å²) in [7, 11) is 0. The molecule has 1 unspecified atom stereocenters. The second-order valence-corrected chi connectivity index (χ2v) is 11.9. The van der Waals surface area contributed by atoms with Gasteiger partial charge >= 0.3 is 0 Å². The average molecular weight is 560 g/mol. The molecule has 4 rings (SSSR count). The SMILES string of the molecule is C=C(Nc1sc(-c2ccc(CC)cc2)cc1C(=O)NC(C)C1CCCCC1)Nc1c(C)cc(C)cc1C.CC=O. The number of carbonyl (C=O) groups excluding carboxylic acids is 2. The number of aryl methyl sites for hydroxylation is 4. The third-order valence-corrected chi connectivity index (χ3v) is 8.66. The van der Waals surface area contributed by atoms with Crippen molar-refractivity contribution in [3.05, 3.63) is 82.7 Å². The number of anilines is 2. The molecule has 3 aromatic rings. The van der Waals surface area contributed by atoms with Crippen LogP contribution in [-0.4, -0.2) is 18.2 Å². The molecule has 0 radical (unpaired) electrons. The average Bonchev–Trinajstić information content (AvgIpc) is 3.35. The third kappa shape index (κ3) is 8.31. The van der Waals surface area contributed by atoms with Crippen LogP contribution in [-0.2, 0) is 11.2 Å². The fourth-order valence-electron chi connectivity index (χ4n) is 5.43. The van der Waals surface area contributed by atoms with Crippen molar-refractivity contribution < 1.29 is 9.59 Å². The molecule has 0 saturated heterocycles. The molecule has 1 saturated carbocycles. The Labute approximate surface area is 244 Å². The van der Waals surface area contributed by atoms with E-state index in [-0.39, 0.29) is 11.9 Å². The Hall–Kier alpha value is -3.38. The molecule has 40 heavy (non-hydrogen) atoms. The summed E-state index contributed by atoms with van der Waals surface area (Å²) in [6.07, 6.45) is 7.98. The lowest BCUT2D eigenvalue weighted by Crippen LogP contribution is -2.39. The van der Waals surface area contributed by atoms with Gasteiger partial charge in [-0.25, -0.2) is 0 Å². The second kappa shape index (κ2) is 14.8. The van der Waals surface area contributed by atoms with E-state index in [1.807, 2.05) is 6.07 Å². The maximum absolute atomic E-state index is 13.6. The number of nitrogens with one attached hydrogen (secondary N) is 3. The molecule has 1 atom stereocenters. The number of hydrogen-bond donors (Lipinski definition) is 3. The molecule has 214 valence electrons. The third-order valence-electron chi connectivity index (χ3n) is 7.56. The molecule has 1 aromatic heterocycles. The van der Waals surface area contributed by atoms with Gasteiger partial charge in [0.1, 0.15) is 17.1 Å². The Morgan fingerprint density at radius 3 is 2.20 bits per heavy atom. The van der Waals surface area contributed by atoms with Crippen LogP contribution in [0, 0.1) is 26.7 Å². The minimum atomic E-state index is -0.0243. The van der Waals surface area contributed by atoms with Gasteiger partial charge in [0.15, 0.2) is 0 Å². The van der Waals surface area contributed by atoms with Gasteiger partial charge in [-0.2, -0.15) is 0 Å². The molecule has 1 aliphatic rings. The molecule has 1 heterocycles. The number of thiophene rings is 1. The van der Waals surface area contributed by atoms with E-state index in [2.05, 4.69) is 93.5 Å². The molecular formula is C34H45N3O2S. The van der Waals surface area contributed by atoms with E-state index >= 15 is 0 Å². The normalized spacial score (nSPS) is 13.9. The molecule has 3 N–H and O–H groups in total. The molecule has 5 nitrogen and oxygen atoms in total. The van der Waals surface area contributed by atoms with E-state index in [0.717, 1.165) is 33.8 Å². The van der Waals surface area contributed by atoms with Gasteiger partial charge in [0.25, 0.3) is 5.91 Å². The highest BCUT2D eigenvalue weighted by atomic mass is 32.1. The lowest BCUT2D eigenvalue weighted by atomic mass is 9.84. The molecule has 0 aliphatic heterocycles. The number of rotatable bonds is 9. The predicted molar refractivity (Wildman–Crippen MR) is 171 cm³/mol. The van der Waals surface area contributed by atoms with E-state index < -0.39 is 0 Å². The minimum Gasteiger partial charge on any atom is -0.349 e. The molecule has 1 aliphatic carbocycles. The van der Waals surface area contributed by atoms with Crippen molar-refractivity contribution in [2.24, 2.45) is 5.92 Å². The molecular weight excluding hydrogens is 514 g/mol. The van der Waals surface area contributed by atoms with Crippen LogP contribution in [0.25, 0.3) is 10.4 Å². The van der Waals surface area contributed by atoms with E-state index in [9.17, 15) is 4.79 Å². The first kappa shape index (κ1) is 31.2. The highest BCUT2D eigenvalue weighted by Crippen LogP contribution is 2.37. The monoisotopic (exact) mass is 559 g/mol. The Morgan fingerprint density at radius 1 is 1.02 bits per heavy atom. The van der Waals surface area contributed by atoms with Crippen molar-refractivity contribution in [2.45, 2.75) is 86.1 Å². The number of benzene rings is 2. The van der Waals surface area contributed by atoms with Gasteiger partial charge in [-0.3, -0.25) is 4.79 Å². The predicted octanol–water partition coefficient (Wildman–Crippen LogP) is 8.80. The van der Waals surface area contributed by atoms with Crippen molar-refractivity contribution in [1.82, 2.24) is 5.32 Å². The summed E-state index contributed by atoms with van der Waals surface area (Å²) in [4.78, 5) is 23.4. The Kier molecular flexibility index (Phi) is 11.6. The van der Waals surface area contributed by atoms with Crippen LogP contribution in [0.5, 0.6) is 0 Å². The van der Waals surface area contributed by atoms with Gasteiger partial charge < -0.3 is 20.7 Å². The van der Waals surface area contributed by atoms with Crippen LogP contribution in [0.4, 0.5) is 10.7 Å². The van der Waals surface area contributed by atoms with Gasteiger partial charge in [0.05, 0.1) is 5.56 Å². The Morgan fingerprint density at radius 2 is 1.62 bits per heavy atom. The van der Waals surface area contributed by atoms with Crippen LogP contribution in [0.2, 0.25) is 0 Å². The van der Waals surface area contributed by atoms with Crippen molar-refractivity contribution in [3.63, 3.8) is 0 Å². The smallest absolute Gasteiger partial charge is 0.254 e. The molecule has 2 aromatic carbocycles. The van der Waals surface area contributed by atoms with Crippen LogP contribution < -0.4 is 16.0 Å². The van der Waals surface area contributed by atoms with Crippen LogP contribution in [0.1, 0.15) is 85.5 Å². The highest BCUT2D eigenvalue weighted by Gasteiger charge is 2.24. The lowest BCUT2D eigenvalue weighted by molar-refractivity contribution is -0.106. The minimum absolute atomic E-state index is 0.0243. The molecule has 1 amide bonds. The first-order chi connectivity index (χ1) is 19.2. The van der Waals surface area contributed by atoms with Gasteiger partial charge in [0, 0.05) is 16.6 Å². The number of carbonyl (C=O) groups is 2. The summed E-state index contributed by atoms with van der Waals surface area (Å²) in [6.45, 7) is 16.3. The Balaban J connectivity index is 0.00000141. The van der Waals surface area contributed by atoms with Gasteiger partial charge in [0.2, 0.25) is 0 Å². The summed E-state index contributed by atoms with van der Waals surface area (Å²) in [5.41, 5.74) is 7.72. The summed E-state index contributed by atoms with van der Waals surface area (Å²) >= 11 is 1.59. The topological polar surface area (TPSA) is 70.2 Å². The first-order valence-electron chi connectivity index (χ1n) is 14.4. The lowest BCUT2D eigenvalue weighted by Gasteiger charge is -2.28. The van der Waals surface area contributed by atoms with Gasteiger partial charge in [-0.15, -0.1) is 11.3 Å². The van der Waals surface area contributed by atoms with E-state index in [1.165, 1.54) is 61.3 Å². The van der Waals surface area contributed by atoms with Crippen molar-refractivity contribution in [3.8, 4) is 10.4 Å². The van der Waals surface area contributed by atoms with Crippen molar-refractivity contribution in [2.75, 3.05) is 10.6 Å². The zero-order valence-corrected chi connectivity index (χ0v) is 25.8. The number of amides is 1. The summed E-state index contributed by atoms with van der Waals surface area (Å²) in [5, 5.41) is 11.0. The summed E-state index contributed by atoms with van der Waals surface area (Å²) < 4.78 is 0. The van der Waals surface area contributed by atoms with Gasteiger partial charge in [-0.05, 0) is 88.1 Å². The van der Waals surface area contributed by atoms with E-state index in [4.69, 9.17) is 4.79 Å². The van der Waals surface area contributed by atoms with E-state index in [1.54, 1.807) is 11.3 Å². The fraction of sp³-hybridized carbons (Fsp3) is 0.412. The molecule has 6 heteroatoms. The number of aldehydes is 1. The first-order valence-corrected chi connectivity index (χ1v) is 15.2. The molecule has 0 spiro atoms. The molecule has 1 fully saturated rings. The summed E-state index contributed by atoms with van der Waals surface area (Å²) in [5.74, 6) is 1.18. The zero-order valence-electron chi connectivity index (χ0n) is 24.9. The summed E-state index contributed by atoms with van der Waals surface area (Å²) in [6, 6.07) is 15.1. The largest absolute Gasteiger partial charge is 0.349 e. The maximum atomic E-state index is 13.6.